The molecule has 0 amide bonds. The maximum atomic E-state index is 14.8. The molecule has 2 saturated heterocycles. The third-order valence-corrected chi connectivity index (χ3v) is 10.5. The number of anilines is 2. The predicted octanol–water partition coefficient (Wildman–Crippen LogP) is 2.38. The number of halogens is 3. The molecule has 3 aromatic carbocycles. The molecule has 2 bridgehead atoms. The molecule has 7 rings (SSSR count). The van der Waals surface area contributed by atoms with Gasteiger partial charge < -0.3 is 10.5 Å². The first-order valence-corrected chi connectivity index (χ1v) is 19.0. The van der Waals surface area contributed by atoms with Crippen molar-refractivity contribution in [2.45, 2.75) is 69.9 Å². The molecule has 21 heteroatoms. The largest absolute Gasteiger partial charge is 0.491 e. The first kappa shape index (κ1) is 42.2. The molecule has 2 fully saturated rings. The Kier molecular flexibility index (Phi) is 11.4. The fourth-order valence-corrected chi connectivity index (χ4v) is 7.93. The molecule has 4 atom stereocenters. The molecule has 6 N–H and O–H groups in total. The Balaban J connectivity index is 1.52. The lowest BCUT2D eigenvalue weighted by Gasteiger charge is -2.50. The van der Waals surface area contributed by atoms with Crippen LogP contribution in [0.4, 0.5) is 24.5 Å². The molecule has 0 radical (unpaired) electrons. The summed E-state index contributed by atoms with van der Waals surface area (Å²) in [6.45, 7) is 3.68. The minimum atomic E-state index is -5.52. The summed E-state index contributed by atoms with van der Waals surface area (Å²) in [7, 11) is 0. The van der Waals surface area contributed by atoms with Crippen LogP contribution in [-0.2, 0) is 40.1 Å². The Morgan fingerprint density at radius 3 is 2.23 bits per heavy atom. The van der Waals surface area contributed by atoms with E-state index in [1.165, 1.54) is 35.3 Å². The number of hydrazine groups is 3. The van der Waals surface area contributed by atoms with Crippen molar-refractivity contribution in [2.24, 2.45) is 23.2 Å². The topological polar surface area (TPSA) is 234 Å². The molecule has 60 heavy (non-hydrogen) atoms. The summed E-state index contributed by atoms with van der Waals surface area (Å²) >= 11 is 0. The molecule has 0 aromatic heterocycles. The van der Waals surface area contributed by atoms with Crippen LogP contribution >= 0.6 is 0 Å². The molecule has 0 spiro atoms. The van der Waals surface area contributed by atoms with E-state index in [0.717, 1.165) is 17.3 Å². The van der Waals surface area contributed by atoms with Crippen LogP contribution in [-0.4, -0.2) is 94.4 Å². The van der Waals surface area contributed by atoms with Gasteiger partial charge >= 0.3 is 30.1 Å². The smallest absolute Gasteiger partial charge is 0.417 e. The summed E-state index contributed by atoms with van der Waals surface area (Å²) < 4.78 is 46.5. The van der Waals surface area contributed by atoms with Gasteiger partial charge in [-0.25, -0.2) is 30.1 Å². The van der Waals surface area contributed by atoms with Gasteiger partial charge in [-0.05, 0) is 61.9 Å². The number of fused-ring (bicyclic) bond motifs is 9. The summed E-state index contributed by atoms with van der Waals surface area (Å²) in [5, 5.41) is 2.95. The van der Waals surface area contributed by atoms with Crippen molar-refractivity contribution in [1.29, 1.82) is 0 Å². The van der Waals surface area contributed by atoms with Gasteiger partial charge in [-0.1, -0.05) is 56.3 Å². The first-order chi connectivity index (χ1) is 28.4. The minimum absolute atomic E-state index is 0.00302. The van der Waals surface area contributed by atoms with Crippen LogP contribution in [0.2, 0.25) is 0 Å². The second kappa shape index (κ2) is 16.2. The standard InChI is InChI=1S/C39H41F3N8O10/c1-21(2)20-38(44)36(55)60-50-58-34(53)26(43)19-22-9-3-6-12-27(22)48(38)47(18-8-17-46-16-7-13-28(46)35(54)59-50)49(45)31-29(57-37(56)39(40,41)42)15-14-25-30(31)33(52)24-11-5-4-10-23(24)32(25)51/h3-6,9-12,14-15,21,26,28H,7-8,13,16-20,43-45H2,1-2H3/t26?,28-,38+/m0/s1. The second-order valence-electron chi connectivity index (χ2n) is 15.1. The number of ketones is 2. The Morgan fingerprint density at radius 1 is 0.883 bits per heavy atom. The number of carbonyl (C=O) groups is 6. The van der Waals surface area contributed by atoms with Gasteiger partial charge in [0.25, 0.3) is 0 Å². The van der Waals surface area contributed by atoms with E-state index < -0.39 is 82.3 Å². The lowest BCUT2D eigenvalue weighted by molar-refractivity contribution is -0.466. The van der Waals surface area contributed by atoms with Gasteiger partial charge in [-0.3, -0.25) is 39.7 Å². The monoisotopic (exact) mass is 838 g/mol. The second-order valence-corrected chi connectivity index (χ2v) is 15.1. The van der Waals surface area contributed by atoms with Crippen molar-refractivity contribution >= 4 is 46.8 Å². The van der Waals surface area contributed by atoms with Gasteiger partial charge in [-0.15, -0.1) is 5.12 Å². The van der Waals surface area contributed by atoms with Crippen molar-refractivity contribution < 1.29 is 61.2 Å². The van der Waals surface area contributed by atoms with Gasteiger partial charge in [0.05, 0.1) is 11.3 Å². The molecule has 18 nitrogen and oxygen atoms in total. The number of rotatable bonds is 5. The van der Waals surface area contributed by atoms with Crippen LogP contribution in [0.1, 0.15) is 76.9 Å². The Labute approximate surface area is 340 Å². The molecule has 4 aliphatic rings. The van der Waals surface area contributed by atoms with Crippen LogP contribution in [0, 0.1) is 5.92 Å². The number of para-hydroxylation sites is 1. The molecular weight excluding hydrogens is 797 g/mol. The third-order valence-electron chi connectivity index (χ3n) is 10.5. The number of hydrogen-bond donors (Lipinski definition) is 3. The van der Waals surface area contributed by atoms with Gasteiger partial charge in [0.2, 0.25) is 11.1 Å². The Hall–Kier alpha value is -5.97. The van der Waals surface area contributed by atoms with Crippen LogP contribution in [0.5, 0.6) is 5.75 Å². The molecular formula is C39H41F3N8O10. The van der Waals surface area contributed by atoms with E-state index in [1.54, 1.807) is 36.9 Å². The number of ether oxygens (including phenoxy) is 1. The zero-order valence-corrected chi connectivity index (χ0v) is 32.3. The Bertz CT molecular complexity index is 2260. The van der Waals surface area contributed by atoms with Gasteiger partial charge in [0.15, 0.2) is 17.3 Å². The molecule has 0 saturated carbocycles. The van der Waals surface area contributed by atoms with Crippen molar-refractivity contribution in [3.63, 3.8) is 0 Å². The van der Waals surface area contributed by atoms with Crippen LogP contribution in [0.25, 0.3) is 0 Å². The van der Waals surface area contributed by atoms with E-state index in [4.69, 9.17) is 36.6 Å². The van der Waals surface area contributed by atoms with Crippen molar-refractivity contribution in [3.05, 3.63) is 88.5 Å². The minimum Gasteiger partial charge on any atom is -0.417 e. The molecule has 3 aliphatic heterocycles. The number of alkyl halides is 3. The fraction of sp³-hybridized carbons (Fsp3) is 0.385. The average molecular weight is 839 g/mol. The normalized spacial score (nSPS) is 24.1. The fourth-order valence-electron chi connectivity index (χ4n) is 7.93. The van der Waals surface area contributed by atoms with E-state index in [1.807, 2.05) is 0 Å². The van der Waals surface area contributed by atoms with Crippen molar-refractivity contribution in [2.75, 3.05) is 29.8 Å². The quantitative estimate of drug-likeness (QED) is 0.113. The number of nitrogens with two attached hydrogens (primary N) is 3. The zero-order chi connectivity index (χ0) is 43.3. The van der Waals surface area contributed by atoms with E-state index in [9.17, 15) is 41.9 Å². The van der Waals surface area contributed by atoms with Crippen LogP contribution in [0.3, 0.4) is 0 Å². The van der Waals surface area contributed by atoms with Gasteiger partial charge in [0.1, 0.15) is 17.8 Å². The highest BCUT2D eigenvalue weighted by Gasteiger charge is 2.52. The highest BCUT2D eigenvalue weighted by molar-refractivity contribution is 6.30. The number of carbonyl (C=O) groups excluding carboxylic acids is 6. The maximum absolute atomic E-state index is 14.8. The van der Waals surface area contributed by atoms with E-state index in [2.05, 4.69) is 0 Å². The lowest BCUT2D eigenvalue weighted by Crippen LogP contribution is -2.73. The molecule has 1 aliphatic carbocycles. The van der Waals surface area contributed by atoms with Crippen molar-refractivity contribution in [3.8, 4) is 5.75 Å². The number of nitrogens with zero attached hydrogens (tertiary/aromatic N) is 5. The zero-order valence-electron chi connectivity index (χ0n) is 32.3. The lowest BCUT2D eigenvalue weighted by atomic mass is 9.83. The van der Waals surface area contributed by atoms with E-state index >= 15 is 0 Å². The highest BCUT2D eigenvalue weighted by Crippen LogP contribution is 2.43. The highest BCUT2D eigenvalue weighted by atomic mass is 19.4. The summed E-state index contributed by atoms with van der Waals surface area (Å²) in [4.78, 5) is 101. The number of hydrogen-bond acceptors (Lipinski definition) is 18. The predicted molar refractivity (Wildman–Crippen MR) is 201 cm³/mol. The Morgan fingerprint density at radius 2 is 1.53 bits per heavy atom. The SMILES string of the molecule is CC(C)C[C@]1(N)C(=O)ON2OC(=O)C(N)Cc3ccccc3N1N(N(N)c1c(OC(=O)C(F)(F)F)ccc3c1C(=O)c1ccccc1C3=O)CCCN1CCC[C@H]1C(=O)O2. The maximum Gasteiger partial charge on any atom is 0.491 e. The average Bonchev–Trinajstić information content (AvgIpc) is 3.67. The summed E-state index contributed by atoms with van der Waals surface area (Å²) in [5.74, 6) is -1.99. The molecule has 3 aromatic rings. The first-order valence-electron chi connectivity index (χ1n) is 19.0. The van der Waals surface area contributed by atoms with E-state index in [0.29, 0.717) is 24.5 Å². The summed E-state index contributed by atoms with van der Waals surface area (Å²) in [5.41, 5.74) is 9.81. The van der Waals surface area contributed by atoms with Crippen LogP contribution < -0.4 is 32.2 Å². The summed E-state index contributed by atoms with van der Waals surface area (Å²) in [6.07, 6.45) is -5.19. The van der Waals surface area contributed by atoms with E-state index in [-0.39, 0.29) is 65.7 Å². The third kappa shape index (κ3) is 7.77. The van der Waals surface area contributed by atoms with Crippen LogP contribution in [0.15, 0.2) is 60.7 Å². The van der Waals surface area contributed by atoms with Crippen molar-refractivity contribution in [1.82, 2.24) is 15.4 Å². The molecule has 3 heterocycles. The van der Waals surface area contributed by atoms with Gasteiger partial charge in [-0.2, -0.15) is 13.2 Å². The summed E-state index contributed by atoms with van der Waals surface area (Å²) in [6, 6.07) is 11.5. The molecule has 2 unspecified atom stereocenters. The number of esters is 1. The molecule has 318 valence electrons. The number of benzene rings is 3. The van der Waals surface area contributed by atoms with Gasteiger partial charge in [0, 0.05) is 36.2 Å².